The third kappa shape index (κ3) is 5.81. The molecule has 0 atom stereocenters. The summed E-state index contributed by atoms with van der Waals surface area (Å²) in [5.74, 6) is 0.665. The summed E-state index contributed by atoms with van der Waals surface area (Å²) < 4.78 is 6.88. The molecule has 2 heterocycles. The Morgan fingerprint density at radius 2 is 1.59 bits per heavy atom. The first-order valence-electron chi connectivity index (χ1n) is 12.6. The largest absolute Gasteiger partial charge is 0.492 e. The number of ketones is 1. The second-order valence-electron chi connectivity index (χ2n) is 8.89. The summed E-state index contributed by atoms with van der Waals surface area (Å²) in [5, 5.41) is 4.03. The number of aromatic nitrogens is 1. The van der Waals surface area contributed by atoms with Crippen molar-refractivity contribution in [3.8, 4) is 5.75 Å². The first kappa shape index (κ1) is 24.9. The van der Waals surface area contributed by atoms with Crippen LogP contribution in [0.2, 0.25) is 0 Å². The molecular formula is C29H30N4O3S. The maximum Gasteiger partial charge on any atom is 0.251 e. The molecule has 1 aliphatic rings. The Morgan fingerprint density at radius 3 is 2.32 bits per heavy atom. The molecule has 3 aromatic carbocycles. The third-order valence-electron chi connectivity index (χ3n) is 6.47. The van der Waals surface area contributed by atoms with Crippen LogP contribution in [0.3, 0.4) is 0 Å². The standard InChI is InChI=1S/C29H30N4O3S/c1-2-36-24-9-6-10-25-26(24)31-29(37-25)33-19-17-32(18-20-33)16-15-30-28(35)23-13-11-22(12-14-23)27(34)21-7-4-3-5-8-21/h3-14H,2,15-20H2,1H3,(H,30,35). The fourth-order valence-electron chi connectivity index (χ4n) is 4.44. The van der Waals surface area contributed by atoms with Gasteiger partial charge < -0.3 is 15.0 Å². The number of para-hydroxylation sites is 1. The van der Waals surface area contributed by atoms with Crippen LogP contribution in [0.5, 0.6) is 5.75 Å². The minimum Gasteiger partial charge on any atom is -0.492 e. The van der Waals surface area contributed by atoms with Crippen molar-refractivity contribution in [3.05, 3.63) is 89.5 Å². The molecule has 0 unspecified atom stereocenters. The van der Waals surface area contributed by atoms with Gasteiger partial charge in [0, 0.05) is 56.0 Å². The molecule has 1 aromatic heterocycles. The Kier molecular flexibility index (Phi) is 7.77. The maximum atomic E-state index is 12.6. The van der Waals surface area contributed by atoms with Crippen molar-refractivity contribution in [2.75, 3.05) is 50.8 Å². The number of benzene rings is 3. The summed E-state index contributed by atoms with van der Waals surface area (Å²) in [6.07, 6.45) is 0. The second-order valence-corrected chi connectivity index (χ2v) is 9.90. The van der Waals surface area contributed by atoms with Crippen molar-refractivity contribution in [1.29, 1.82) is 0 Å². The average Bonchev–Trinajstić information content (AvgIpc) is 3.39. The Bertz CT molecular complexity index is 1360. The average molecular weight is 515 g/mol. The van der Waals surface area contributed by atoms with E-state index in [0.717, 1.165) is 53.8 Å². The monoisotopic (exact) mass is 514 g/mol. The predicted molar refractivity (Wildman–Crippen MR) is 148 cm³/mol. The van der Waals surface area contributed by atoms with E-state index < -0.39 is 0 Å². The quantitative estimate of drug-likeness (QED) is 0.332. The van der Waals surface area contributed by atoms with Crippen molar-refractivity contribution in [1.82, 2.24) is 15.2 Å². The number of piperazine rings is 1. The van der Waals surface area contributed by atoms with Crippen LogP contribution < -0.4 is 15.0 Å². The number of fused-ring (bicyclic) bond motifs is 1. The maximum absolute atomic E-state index is 12.6. The highest BCUT2D eigenvalue weighted by Crippen LogP contribution is 2.34. The molecule has 4 aromatic rings. The van der Waals surface area contributed by atoms with E-state index in [1.165, 1.54) is 0 Å². The highest BCUT2D eigenvalue weighted by molar-refractivity contribution is 7.22. The number of amides is 1. The van der Waals surface area contributed by atoms with E-state index in [2.05, 4.69) is 21.2 Å². The summed E-state index contributed by atoms with van der Waals surface area (Å²) in [4.78, 5) is 34.7. The number of nitrogens with one attached hydrogen (secondary N) is 1. The molecule has 7 nitrogen and oxygen atoms in total. The molecule has 8 heteroatoms. The van der Waals surface area contributed by atoms with Gasteiger partial charge in [-0.25, -0.2) is 4.98 Å². The number of carbonyl (C=O) groups excluding carboxylic acids is 2. The number of nitrogens with zero attached hydrogens (tertiary/aromatic N) is 3. The molecule has 0 spiro atoms. The Labute approximate surface area is 220 Å². The molecule has 1 aliphatic heterocycles. The van der Waals surface area contributed by atoms with Crippen LogP contribution in [0.25, 0.3) is 10.2 Å². The molecule has 0 aliphatic carbocycles. The Hall–Kier alpha value is -3.75. The number of hydrogen-bond donors (Lipinski definition) is 1. The Balaban J connectivity index is 1.08. The van der Waals surface area contributed by atoms with E-state index in [1.54, 1.807) is 47.7 Å². The summed E-state index contributed by atoms with van der Waals surface area (Å²) in [5.41, 5.74) is 2.70. The summed E-state index contributed by atoms with van der Waals surface area (Å²) in [7, 11) is 0. The number of hydrogen-bond acceptors (Lipinski definition) is 7. The van der Waals surface area contributed by atoms with Gasteiger partial charge in [-0.15, -0.1) is 0 Å². The lowest BCUT2D eigenvalue weighted by Crippen LogP contribution is -2.48. The van der Waals surface area contributed by atoms with Crippen molar-refractivity contribution in [2.24, 2.45) is 0 Å². The molecule has 0 radical (unpaired) electrons. The smallest absolute Gasteiger partial charge is 0.251 e. The lowest BCUT2D eigenvalue weighted by molar-refractivity contribution is 0.0946. The van der Waals surface area contributed by atoms with Crippen LogP contribution in [0, 0.1) is 0 Å². The van der Waals surface area contributed by atoms with Gasteiger partial charge in [0.15, 0.2) is 10.9 Å². The van der Waals surface area contributed by atoms with E-state index in [0.29, 0.717) is 29.8 Å². The number of thiazole rings is 1. The Morgan fingerprint density at radius 1 is 0.892 bits per heavy atom. The van der Waals surface area contributed by atoms with Crippen molar-refractivity contribution in [3.63, 3.8) is 0 Å². The van der Waals surface area contributed by atoms with Gasteiger partial charge in [0.2, 0.25) is 0 Å². The van der Waals surface area contributed by atoms with Gasteiger partial charge in [-0.1, -0.05) is 59.9 Å². The molecule has 0 bridgehead atoms. The predicted octanol–water partition coefficient (Wildman–Crippen LogP) is 4.48. The number of rotatable bonds is 9. The molecule has 37 heavy (non-hydrogen) atoms. The molecule has 1 N–H and O–H groups in total. The molecule has 5 rings (SSSR count). The van der Waals surface area contributed by atoms with Crippen LogP contribution in [-0.2, 0) is 0 Å². The van der Waals surface area contributed by atoms with Gasteiger partial charge in [0.25, 0.3) is 5.91 Å². The third-order valence-corrected chi connectivity index (χ3v) is 7.55. The van der Waals surface area contributed by atoms with Crippen LogP contribution in [0.15, 0.2) is 72.8 Å². The van der Waals surface area contributed by atoms with Crippen molar-refractivity contribution in [2.45, 2.75) is 6.92 Å². The first-order chi connectivity index (χ1) is 18.1. The normalized spacial score (nSPS) is 14.0. The van der Waals surface area contributed by atoms with E-state index in [4.69, 9.17) is 9.72 Å². The second kappa shape index (κ2) is 11.5. The fraction of sp³-hybridized carbons (Fsp3) is 0.276. The van der Waals surface area contributed by atoms with E-state index in [-0.39, 0.29) is 11.7 Å². The lowest BCUT2D eigenvalue weighted by Gasteiger charge is -2.34. The highest BCUT2D eigenvalue weighted by atomic mass is 32.1. The molecule has 1 amide bonds. The van der Waals surface area contributed by atoms with Crippen LogP contribution in [-0.4, -0.2) is 67.4 Å². The number of anilines is 1. The molecule has 190 valence electrons. The van der Waals surface area contributed by atoms with Gasteiger partial charge in [-0.3, -0.25) is 14.5 Å². The zero-order valence-electron chi connectivity index (χ0n) is 20.9. The van der Waals surface area contributed by atoms with Gasteiger partial charge >= 0.3 is 0 Å². The number of carbonyl (C=O) groups is 2. The lowest BCUT2D eigenvalue weighted by atomic mass is 10.0. The summed E-state index contributed by atoms with van der Waals surface area (Å²) in [6.45, 7) is 7.60. The molecule has 0 saturated carbocycles. The zero-order chi connectivity index (χ0) is 25.6. The van der Waals surface area contributed by atoms with Gasteiger partial charge in [0.05, 0.1) is 11.3 Å². The van der Waals surface area contributed by atoms with Gasteiger partial charge in [0.1, 0.15) is 11.3 Å². The summed E-state index contributed by atoms with van der Waals surface area (Å²) in [6, 6.07) is 22.1. The number of ether oxygens (including phenoxy) is 1. The SMILES string of the molecule is CCOc1cccc2sc(N3CCN(CCNC(=O)c4ccc(C(=O)c5ccccc5)cc4)CC3)nc12. The van der Waals surface area contributed by atoms with Gasteiger partial charge in [-0.05, 0) is 31.2 Å². The minimum absolute atomic E-state index is 0.0488. The first-order valence-corrected chi connectivity index (χ1v) is 13.4. The van der Waals surface area contributed by atoms with Crippen molar-refractivity contribution < 1.29 is 14.3 Å². The van der Waals surface area contributed by atoms with E-state index in [9.17, 15) is 9.59 Å². The minimum atomic E-state index is -0.128. The summed E-state index contributed by atoms with van der Waals surface area (Å²) >= 11 is 1.70. The van der Waals surface area contributed by atoms with Gasteiger partial charge in [-0.2, -0.15) is 0 Å². The van der Waals surface area contributed by atoms with E-state index >= 15 is 0 Å². The highest BCUT2D eigenvalue weighted by Gasteiger charge is 2.21. The van der Waals surface area contributed by atoms with Crippen molar-refractivity contribution >= 4 is 38.4 Å². The zero-order valence-corrected chi connectivity index (χ0v) is 21.7. The van der Waals surface area contributed by atoms with E-state index in [1.807, 2.05) is 37.3 Å². The van der Waals surface area contributed by atoms with Crippen LogP contribution in [0.4, 0.5) is 5.13 Å². The van der Waals surface area contributed by atoms with Crippen LogP contribution in [0.1, 0.15) is 33.2 Å². The molecule has 1 fully saturated rings. The van der Waals surface area contributed by atoms with Crippen LogP contribution >= 0.6 is 11.3 Å². The fourth-order valence-corrected chi connectivity index (χ4v) is 5.48. The molecular weight excluding hydrogens is 484 g/mol. The molecule has 1 saturated heterocycles. The topological polar surface area (TPSA) is 74.8 Å².